The molecule has 1 unspecified atom stereocenters. The molecule has 1 amide bonds. The number of amides is 1. The Hall–Kier alpha value is -2.07. The van der Waals surface area contributed by atoms with Gasteiger partial charge in [-0.25, -0.2) is 0 Å². The first kappa shape index (κ1) is 16.8. The van der Waals surface area contributed by atoms with Crippen molar-refractivity contribution in [2.45, 2.75) is 53.6 Å². The third kappa shape index (κ3) is 3.11. The summed E-state index contributed by atoms with van der Waals surface area (Å²) in [5, 5.41) is 13.4. The number of aliphatic hydroxyl groups excluding tert-OH is 1. The van der Waals surface area contributed by atoms with E-state index in [0.29, 0.717) is 12.2 Å². The van der Waals surface area contributed by atoms with Crippen molar-refractivity contribution in [2.24, 2.45) is 5.41 Å². The molecule has 0 bridgehead atoms. The van der Waals surface area contributed by atoms with Crippen LogP contribution in [0.2, 0.25) is 0 Å². The average Bonchev–Trinajstić information content (AvgIpc) is 2.72. The van der Waals surface area contributed by atoms with Gasteiger partial charge in [0, 0.05) is 23.2 Å². The number of nitrogens with one attached hydrogen (secondary N) is 1. The van der Waals surface area contributed by atoms with Crippen LogP contribution in [0.3, 0.4) is 0 Å². The highest BCUT2D eigenvalue weighted by Gasteiger charge is 2.37. The first-order valence-electron chi connectivity index (χ1n) is 8.36. The van der Waals surface area contributed by atoms with Gasteiger partial charge < -0.3 is 14.8 Å². The first-order valence-corrected chi connectivity index (χ1v) is 8.36. The van der Waals surface area contributed by atoms with Gasteiger partial charge in [0.25, 0.3) is 5.91 Å². The number of carbonyl (C=O) groups is 1. The molecule has 1 aromatic carbocycles. The minimum atomic E-state index is -0.574. The van der Waals surface area contributed by atoms with Gasteiger partial charge >= 0.3 is 0 Å². The van der Waals surface area contributed by atoms with Crippen LogP contribution in [0, 0.1) is 26.2 Å². The second kappa shape index (κ2) is 5.78. The largest absolute Gasteiger partial charge is 0.455 e. The Morgan fingerprint density at radius 3 is 2.46 bits per heavy atom. The number of rotatable bonds is 2. The summed E-state index contributed by atoms with van der Waals surface area (Å²) in [5.74, 6) is 0.773. The molecule has 2 N–H and O–H groups in total. The van der Waals surface area contributed by atoms with Crippen molar-refractivity contribution in [2.75, 3.05) is 5.32 Å². The third-order valence-electron chi connectivity index (χ3n) is 4.67. The lowest BCUT2D eigenvalue weighted by Gasteiger charge is -2.31. The molecule has 0 saturated carbocycles. The molecule has 0 spiro atoms. The Balaban J connectivity index is 1.92. The molecule has 1 aromatic heterocycles. The molecule has 1 heterocycles. The van der Waals surface area contributed by atoms with E-state index < -0.39 is 6.10 Å². The Morgan fingerprint density at radius 2 is 1.83 bits per heavy atom. The standard InChI is InChI=1S/C20H25NO3/c1-11-6-12(2)8-14(7-11)21-19(23)18-13(3)17-15(22)9-20(4,5)10-16(17)24-18/h6-8,15,22H,9-10H2,1-5H3,(H,21,23). The molecule has 0 fully saturated rings. The van der Waals surface area contributed by atoms with Crippen LogP contribution in [-0.2, 0) is 6.42 Å². The zero-order chi connectivity index (χ0) is 17.6. The molecule has 24 heavy (non-hydrogen) atoms. The highest BCUT2D eigenvalue weighted by molar-refractivity contribution is 6.03. The minimum absolute atomic E-state index is 0.0297. The summed E-state index contributed by atoms with van der Waals surface area (Å²) >= 11 is 0. The summed E-state index contributed by atoms with van der Waals surface area (Å²) in [5.41, 5.74) is 4.45. The van der Waals surface area contributed by atoms with E-state index in [1.165, 1.54) is 0 Å². The minimum Gasteiger partial charge on any atom is -0.455 e. The van der Waals surface area contributed by atoms with Crippen molar-refractivity contribution in [1.29, 1.82) is 0 Å². The van der Waals surface area contributed by atoms with Crippen molar-refractivity contribution >= 4 is 11.6 Å². The van der Waals surface area contributed by atoms with Gasteiger partial charge in [-0.05, 0) is 55.9 Å². The van der Waals surface area contributed by atoms with E-state index in [4.69, 9.17) is 4.42 Å². The SMILES string of the molecule is Cc1cc(C)cc(NC(=O)c2oc3c(c2C)C(O)CC(C)(C)C3)c1. The van der Waals surface area contributed by atoms with E-state index in [-0.39, 0.29) is 11.3 Å². The maximum atomic E-state index is 12.7. The molecule has 2 aromatic rings. The van der Waals surface area contributed by atoms with Crippen LogP contribution in [0.5, 0.6) is 0 Å². The molecule has 1 aliphatic carbocycles. The Morgan fingerprint density at radius 1 is 1.21 bits per heavy atom. The number of benzene rings is 1. The van der Waals surface area contributed by atoms with Crippen LogP contribution in [-0.4, -0.2) is 11.0 Å². The molecule has 0 saturated heterocycles. The van der Waals surface area contributed by atoms with E-state index in [1.54, 1.807) is 0 Å². The lowest BCUT2D eigenvalue weighted by Crippen LogP contribution is -2.24. The monoisotopic (exact) mass is 327 g/mol. The summed E-state index contributed by atoms with van der Waals surface area (Å²) in [6, 6.07) is 5.92. The second-order valence-corrected chi connectivity index (χ2v) is 7.78. The van der Waals surface area contributed by atoms with Gasteiger partial charge in [0.15, 0.2) is 5.76 Å². The van der Waals surface area contributed by atoms with Gasteiger partial charge in [-0.3, -0.25) is 4.79 Å². The van der Waals surface area contributed by atoms with E-state index in [0.717, 1.165) is 40.1 Å². The summed E-state index contributed by atoms with van der Waals surface area (Å²) in [4.78, 5) is 12.7. The predicted molar refractivity (Wildman–Crippen MR) is 94.4 cm³/mol. The highest BCUT2D eigenvalue weighted by Crippen LogP contribution is 2.44. The number of fused-ring (bicyclic) bond motifs is 1. The smallest absolute Gasteiger partial charge is 0.291 e. The van der Waals surface area contributed by atoms with E-state index in [9.17, 15) is 9.90 Å². The molecule has 0 radical (unpaired) electrons. The van der Waals surface area contributed by atoms with Crippen molar-refractivity contribution in [1.82, 2.24) is 0 Å². The van der Waals surface area contributed by atoms with Crippen molar-refractivity contribution < 1.29 is 14.3 Å². The zero-order valence-electron chi connectivity index (χ0n) is 15.0. The van der Waals surface area contributed by atoms with Crippen LogP contribution in [0.15, 0.2) is 22.6 Å². The van der Waals surface area contributed by atoms with Crippen LogP contribution >= 0.6 is 0 Å². The number of aliphatic hydroxyl groups is 1. The molecule has 0 aliphatic heterocycles. The van der Waals surface area contributed by atoms with E-state index >= 15 is 0 Å². The molecule has 4 nitrogen and oxygen atoms in total. The lowest BCUT2D eigenvalue weighted by atomic mass is 9.75. The Kier molecular flexibility index (Phi) is 4.04. The molecule has 1 atom stereocenters. The summed E-state index contributed by atoms with van der Waals surface area (Å²) in [6.45, 7) is 10.1. The van der Waals surface area contributed by atoms with Crippen LogP contribution < -0.4 is 5.32 Å². The van der Waals surface area contributed by atoms with Crippen molar-refractivity contribution in [3.8, 4) is 0 Å². The topological polar surface area (TPSA) is 62.5 Å². The maximum absolute atomic E-state index is 12.7. The number of aryl methyl sites for hydroxylation is 2. The Labute approximate surface area is 142 Å². The predicted octanol–water partition coefficient (Wildman–Crippen LogP) is 4.46. The van der Waals surface area contributed by atoms with Gasteiger partial charge in [0.2, 0.25) is 0 Å². The number of furan rings is 1. The summed E-state index contributed by atoms with van der Waals surface area (Å²) in [7, 11) is 0. The average molecular weight is 327 g/mol. The maximum Gasteiger partial charge on any atom is 0.291 e. The first-order chi connectivity index (χ1) is 11.2. The van der Waals surface area contributed by atoms with Crippen molar-refractivity contribution in [3.05, 3.63) is 52.0 Å². The zero-order valence-corrected chi connectivity index (χ0v) is 15.0. The van der Waals surface area contributed by atoms with Gasteiger partial charge in [0.05, 0.1) is 6.10 Å². The summed E-state index contributed by atoms with van der Waals surface area (Å²) in [6.07, 6.45) is 0.838. The number of anilines is 1. The number of hydrogen-bond donors (Lipinski definition) is 2. The molecule has 128 valence electrons. The van der Waals surface area contributed by atoms with Crippen molar-refractivity contribution in [3.63, 3.8) is 0 Å². The Bertz CT molecular complexity index is 781. The molecular formula is C20H25NO3. The van der Waals surface area contributed by atoms with Gasteiger partial charge in [-0.2, -0.15) is 0 Å². The molecule has 3 rings (SSSR count). The fraction of sp³-hybridized carbons (Fsp3) is 0.450. The van der Waals surface area contributed by atoms with Gasteiger partial charge in [-0.15, -0.1) is 0 Å². The van der Waals surface area contributed by atoms with Crippen LogP contribution in [0.1, 0.15) is 64.9 Å². The second-order valence-electron chi connectivity index (χ2n) is 7.78. The highest BCUT2D eigenvalue weighted by atomic mass is 16.4. The normalized spacial score (nSPS) is 19.0. The van der Waals surface area contributed by atoms with E-state index in [1.807, 2.05) is 32.9 Å². The number of hydrogen-bond acceptors (Lipinski definition) is 3. The van der Waals surface area contributed by atoms with Gasteiger partial charge in [0.1, 0.15) is 5.76 Å². The lowest BCUT2D eigenvalue weighted by molar-refractivity contribution is 0.0910. The molecular weight excluding hydrogens is 302 g/mol. The fourth-order valence-corrected chi connectivity index (χ4v) is 3.74. The molecule has 1 aliphatic rings. The third-order valence-corrected chi connectivity index (χ3v) is 4.67. The van der Waals surface area contributed by atoms with Crippen LogP contribution in [0.25, 0.3) is 0 Å². The van der Waals surface area contributed by atoms with E-state index in [2.05, 4.69) is 25.2 Å². The summed E-state index contributed by atoms with van der Waals surface area (Å²) < 4.78 is 5.87. The fourth-order valence-electron chi connectivity index (χ4n) is 3.74. The quantitative estimate of drug-likeness (QED) is 0.856. The van der Waals surface area contributed by atoms with Crippen LogP contribution in [0.4, 0.5) is 5.69 Å². The van der Waals surface area contributed by atoms with Gasteiger partial charge in [-0.1, -0.05) is 19.9 Å². The molecule has 4 heteroatoms. The number of carbonyl (C=O) groups excluding carboxylic acids is 1.